The van der Waals surface area contributed by atoms with E-state index in [-0.39, 0.29) is 0 Å². The number of rotatable bonds is 11. The number of ether oxygens (including phenoxy) is 1. The number of aryl methyl sites for hydroxylation is 1. The zero-order chi connectivity index (χ0) is 16.4. The van der Waals surface area contributed by atoms with E-state index in [1.807, 2.05) is 12.1 Å². The maximum Gasteiger partial charge on any atom is 0.125 e. The smallest absolute Gasteiger partial charge is 0.125 e. The SMILES string of the molecule is CCCCN(CC)CCC(O)c1cc(C)ccc1OCCC. The third kappa shape index (κ3) is 6.37. The minimum atomic E-state index is -0.456. The number of aliphatic hydroxyl groups excluding tert-OH is 1. The molecule has 0 aliphatic rings. The average molecular weight is 307 g/mol. The van der Waals surface area contributed by atoms with E-state index in [2.05, 4.69) is 38.7 Å². The third-order valence-corrected chi connectivity index (χ3v) is 3.98. The van der Waals surface area contributed by atoms with E-state index in [1.54, 1.807) is 0 Å². The van der Waals surface area contributed by atoms with Crippen molar-refractivity contribution in [2.24, 2.45) is 0 Å². The summed E-state index contributed by atoms with van der Waals surface area (Å²) in [4.78, 5) is 2.41. The molecule has 126 valence electrons. The Bertz CT molecular complexity index is 420. The highest BCUT2D eigenvalue weighted by atomic mass is 16.5. The molecule has 0 aliphatic carbocycles. The highest BCUT2D eigenvalue weighted by molar-refractivity contribution is 5.38. The van der Waals surface area contributed by atoms with Gasteiger partial charge in [0.15, 0.2) is 0 Å². The molecule has 22 heavy (non-hydrogen) atoms. The third-order valence-electron chi connectivity index (χ3n) is 3.98. The molecule has 0 heterocycles. The Morgan fingerprint density at radius 1 is 1.14 bits per heavy atom. The average Bonchev–Trinajstić information content (AvgIpc) is 2.53. The van der Waals surface area contributed by atoms with Gasteiger partial charge in [-0.2, -0.15) is 0 Å². The molecular weight excluding hydrogens is 274 g/mol. The molecule has 0 saturated carbocycles. The summed E-state index contributed by atoms with van der Waals surface area (Å²) in [5, 5.41) is 10.6. The van der Waals surface area contributed by atoms with E-state index >= 15 is 0 Å². The van der Waals surface area contributed by atoms with Gasteiger partial charge in [-0.15, -0.1) is 0 Å². The molecule has 1 N–H and O–H groups in total. The van der Waals surface area contributed by atoms with Gasteiger partial charge in [-0.3, -0.25) is 0 Å². The van der Waals surface area contributed by atoms with Crippen LogP contribution in [0.15, 0.2) is 18.2 Å². The Morgan fingerprint density at radius 2 is 1.91 bits per heavy atom. The molecule has 1 rings (SSSR count). The van der Waals surface area contributed by atoms with E-state index in [0.29, 0.717) is 6.61 Å². The van der Waals surface area contributed by atoms with Crippen LogP contribution in [-0.2, 0) is 0 Å². The maximum atomic E-state index is 10.6. The summed E-state index contributed by atoms with van der Waals surface area (Å²) in [6.07, 6.45) is 3.71. The lowest BCUT2D eigenvalue weighted by atomic mass is 10.0. The highest BCUT2D eigenvalue weighted by Crippen LogP contribution is 2.29. The number of hydrogen-bond acceptors (Lipinski definition) is 3. The molecule has 0 spiro atoms. The van der Waals surface area contributed by atoms with Crippen molar-refractivity contribution < 1.29 is 9.84 Å². The standard InChI is InChI=1S/C19H33NO2/c1-5-8-12-20(7-3)13-11-18(21)17-15-16(4)9-10-19(17)22-14-6-2/h9-10,15,18,21H,5-8,11-14H2,1-4H3. The second-order valence-electron chi connectivity index (χ2n) is 5.98. The van der Waals surface area contributed by atoms with Crippen molar-refractivity contribution in [2.45, 2.75) is 59.5 Å². The van der Waals surface area contributed by atoms with Crippen molar-refractivity contribution in [1.29, 1.82) is 0 Å². The molecule has 0 amide bonds. The van der Waals surface area contributed by atoms with Crippen LogP contribution >= 0.6 is 0 Å². The van der Waals surface area contributed by atoms with E-state index in [0.717, 1.165) is 49.4 Å². The molecular formula is C19H33NO2. The summed E-state index contributed by atoms with van der Waals surface area (Å²) < 4.78 is 5.79. The van der Waals surface area contributed by atoms with Crippen LogP contribution < -0.4 is 4.74 Å². The highest BCUT2D eigenvalue weighted by Gasteiger charge is 2.15. The van der Waals surface area contributed by atoms with Crippen molar-refractivity contribution in [1.82, 2.24) is 4.90 Å². The fourth-order valence-electron chi connectivity index (χ4n) is 2.54. The van der Waals surface area contributed by atoms with Gasteiger partial charge < -0.3 is 14.7 Å². The van der Waals surface area contributed by atoms with Crippen LogP contribution in [0.4, 0.5) is 0 Å². The predicted octanol–water partition coefficient (Wildman–Crippen LogP) is 4.33. The van der Waals surface area contributed by atoms with Crippen LogP contribution in [0.2, 0.25) is 0 Å². The molecule has 0 fully saturated rings. The first-order valence-corrected chi connectivity index (χ1v) is 8.76. The summed E-state index contributed by atoms with van der Waals surface area (Å²) in [5.41, 5.74) is 2.09. The summed E-state index contributed by atoms with van der Waals surface area (Å²) in [5.74, 6) is 0.830. The van der Waals surface area contributed by atoms with Crippen molar-refractivity contribution in [2.75, 3.05) is 26.2 Å². The summed E-state index contributed by atoms with van der Waals surface area (Å²) in [7, 11) is 0. The Labute approximate surface area is 136 Å². The van der Waals surface area contributed by atoms with Gasteiger partial charge in [-0.25, -0.2) is 0 Å². The zero-order valence-electron chi connectivity index (χ0n) is 14.8. The lowest BCUT2D eigenvalue weighted by molar-refractivity contribution is 0.138. The van der Waals surface area contributed by atoms with Gasteiger partial charge in [-0.1, -0.05) is 38.8 Å². The van der Waals surface area contributed by atoms with Gasteiger partial charge in [0.05, 0.1) is 12.7 Å². The number of hydrogen-bond donors (Lipinski definition) is 1. The van der Waals surface area contributed by atoms with Crippen LogP contribution in [0.25, 0.3) is 0 Å². The second-order valence-corrected chi connectivity index (χ2v) is 5.98. The lowest BCUT2D eigenvalue weighted by Crippen LogP contribution is -2.27. The quantitative estimate of drug-likeness (QED) is 0.660. The zero-order valence-corrected chi connectivity index (χ0v) is 14.8. The summed E-state index contributed by atoms with van der Waals surface area (Å²) in [6, 6.07) is 6.08. The van der Waals surface area contributed by atoms with Crippen molar-refractivity contribution in [3.05, 3.63) is 29.3 Å². The molecule has 1 atom stereocenters. The van der Waals surface area contributed by atoms with Crippen LogP contribution in [0.3, 0.4) is 0 Å². The number of unbranched alkanes of at least 4 members (excludes halogenated alkanes) is 1. The maximum absolute atomic E-state index is 10.6. The van der Waals surface area contributed by atoms with Crippen LogP contribution in [0.5, 0.6) is 5.75 Å². The first-order chi connectivity index (χ1) is 10.6. The predicted molar refractivity (Wildman–Crippen MR) is 93.6 cm³/mol. The Morgan fingerprint density at radius 3 is 2.55 bits per heavy atom. The first kappa shape index (κ1) is 19.0. The van der Waals surface area contributed by atoms with Gasteiger partial charge in [0.2, 0.25) is 0 Å². The first-order valence-electron chi connectivity index (χ1n) is 8.76. The molecule has 0 bridgehead atoms. The van der Waals surface area contributed by atoms with E-state index in [9.17, 15) is 5.11 Å². The lowest BCUT2D eigenvalue weighted by Gasteiger charge is -2.23. The van der Waals surface area contributed by atoms with Gasteiger partial charge >= 0.3 is 0 Å². The second kappa shape index (κ2) is 10.6. The van der Waals surface area contributed by atoms with Crippen molar-refractivity contribution in [3.8, 4) is 5.75 Å². The molecule has 0 aliphatic heterocycles. The summed E-state index contributed by atoms with van der Waals surface area (Å²) in [6.45, 7) is 12.3. The topological polar surface area (TPSA) is 32.7 Å². The minimum absolute atomic E-state index is 0.456. The van der Waals surface area contributed by atoms with Crippen LogP contribution in [-0.4, -0.2) is 36.2 Å². The fraction of sp³-hybridized carbons (Fsp3) is 0.684. The number of aliphatic hydroxyl groups is 1. The van der Waals surface area contributed by atoms with E-state index in [1.165, 1.54) is 12.8 Å². The van der Waals surface area contributed by atoms with E-state index in [4.69, 9.17) is 4.74 Å². The minimum Gasteiger partial charge on any atom is -0.493 e. The Kier molecular flexibility index (Phi) is 9.17. The van der Waals surface area contributed by atoms with Crippen LogP contribution in [0, 0.1) is 6.92 Å². The molecule has 1 aromatic carbocycles. The monoisotopic (exact) mass is 307 g/mol. The Balaban J connectivity index is 2.66. The van der Waals surface area contributed by atoms with Gasteiger partial charge in [-0.05, 0) is 51.4 Å². The molecule has 0 saturated heterocycles. The van der Waals surface area contributed by atoms with E-state index < -0.39 is 6.10 Å². The fourth-order valence-corrected chi connectivity index (χ4v) is 2.54. The molecule has 1 aromatic rings. The molecule has 3 nitrogen and oxygen atoms in total. The summed E-state index contributed by atoms with van der Waals surface area (Å²) >= 11 is 0. The normalized spacial score (nSPS) is 12.6. The molecule has 1 unspecified atom stereocenters. The number of benzene rings is 1. The van der Waals surface area contributed by atoms with Crippen molar-refractivity contribution in [3.63, 3.8) is 0 Å². The molecule has 3 heteroatoms. The molecule has 0 radical (unpaired) electrons. The van der Waals surface area contributed by atoms with Crippen molar-refractivity contribution >= 4 is 0 Å². The Hall–Kier alpha value is -1.06. The molecule has 0 aromatic heterocycles. The van der Waals surface area contributed by atoms with Gasteiger partial charge in [0, 0.05) is 12.1 Å². The largest absolute Gasteiger partial charge is 0.493 e. The van der Waals surface area contributed by atoms with Crippen LogP contribution in [0.1, 0.15) is 63.7 Å². The van der Waals surface area contributed by atoms with Gasteiger partial charge in [0.25, 0.3) is 0 Å². The van der Waals surface area contributed by atoms with Gasteiger partial charge in [0.1, 0.15) is 5.75 Å². The number of nitrogens with zero attached hydrogens (tertiary/aromatic N) is 1.